The van der Waals surface area contributed by atoms with E-state index in [2.05, 4.69) is 10.3 Å². The van der Waals surface area contributed by atoms with Crippen LogP contribution in [0.5, 0.6) is 0 Å². The Morgan fingerprint density at radius 3 is 2.81 bits per heavy atom. The highest BCUT2D eigenvalue weighted by Gasteiger charge is 2.15. The fourth-order valence-corrected chi connectivity index (χ4v) is 2.44. The van der Waals surface area contributed by atoms with Crippen LogP contribution in [-0.4, -0.2) is 29.0 Å². The number of halogens is 1. The van der Waals surface area contributed by atoms with Crippen molar-refractivity contribution in [1.82, 2.24) is 15.2 Å². The summed E-state index contributed by atoms with van der Waals surface area (Å²) in [6.07, 6.45) is 0.899. The van der Waals surface area contributed by atoms with Crippen molar-refractivity contribution in [3.05, 3.63) is 41.0 Å². The number of benzene rings is 1. The highest BCUT2D eigenvalue weighted by molar-refractivity contribution is 6.30. The van der Waals surface area contributed by atoms with Gasteiger partial charge in [0.2, 0.25) is 0 Å². The first-order valence-corrected chi connectivity index (χ1v) is 7.60. The second-order valence-electron chi connectivity index (χ2n) is 4.89. The molecule has 2 amide bonds. The van der Waals surface area contributed by atoms with Crippen LogP contribution < -0.4 is 5.32 Å². The van der Waals surface area contributed by atoms with Gasteiger partial charge < -0.3 is 10.2 Å². The van der Waals surface area contributed by atoms with Gasteiger partial charge in [-0.15, -0.1) is 0 Å². The van der Waals surface area contributed by atoms with Crippen LogP contribution in [0.25, 0.3) is 10.9 Å². The molecule has 21 heavy (non-hydrogen) atoms. The van der Waals surface area contributed by atoms with E-state index in [-0.39, 0.29) is 6.03 Å². The number of hydrogen-bond acceptors (Lipinski definition) is 2. The van der Waals surface area contributed by atoms with Gasteiger partial charge in [0.15, 0.2) is 0 Å². The van der Waals surface area contributed by atoms with Crippen LogP contribution in [0.1, 0.15) is 25.8 Å². The SMILES string of the molecule is CCCN(Cc1cc2ccccc2nc1Cl)C(=O)NCC. The third-order valence-corrected chi connectivity index (χ3v) is 3.55. The highest BCUT2D eigenvalue weighted by atomic mass is 35.5. The molecule has 0 bridgehead atoms. The van der Waals surface area contributed by atoms with Crippen molar-refractivity contribution in [2.75, 3.05) is 13.1 Å². The summed E-state index contributed by atoms with van der Waals surface area (Å²) in [7, 11) is 0. The van der Waals surface area contributed by atoms with E-state index < -0.39 is 0 Å². The smallest absolute Gasteiger partial charge is 0.317 e. The number of para-hydroxylation sites is 1. The van der Waals surface area contributed by atoms with Gasteiger partial charge in [-0.2, -0.15) is 0 Å². The molecule has 0 saturated heterocycles. The molecule has 0 saturated carbocycles. The van der Waals surface area contributed by atoms with Crippen LogP contribution in [0.3, 0.4) is 0 Å². The first-order chi connectivity index (χ1) is 10.2. The summed E-state index contributed by atoms with van der Waals surface area (Å²) in [5.41, 5.74) is 1.74. The Hall–Kier alpha value is -1.81. The molecule has 0 spiro atoms. The lowest BCUT2D eigenvalue weighted by molar-refractivity contribution is 0.195. The number of nitrogens with zero attached hydrogens (tertiary/aromatic N) is 2. The van der Waals surface area contributed by atoms with E-state index in [1.807, 2.05) is 44.2 Å². The molecule has 0 atom stereocenters. The second kappa shape index (κ2) is 7.27. The number of urea groups is 1. The van der Waals surface area contributed by atoms with E-state index in [9.17, 15) is 4.79 Å². The van der Waals surface area contributed by atoms with Crippen molar-refractivity contribution in [1.29, 1.82) is 0 Å². The van der Waals surface area contributed by atoms with Gasteiger partial charge in [0, 0.05) is 24.0 Å². The lowest BCUT2D eigenvalue weighted by Gasteiger charge is -2.22. The molecular weight excluding hydrogens is 286 g/mol. The monoisotopic (exact) mass is 305 g/mol. The maximum absolute atomic E-state index is 12.1. The van der Waals surface area contributed by atoms with E-state index in [0.717, 1.165) is 22.9 Å². The van der Waals surface area contributed by atoms with Crippen molar-refractivity contribution in [3.63, 3.8) is 0 Å². The molecule has 1 heterocycles. The summed E-state index contributed by atoms with van der Waals surface area (Å²) in [6, 6.07) is 9.77. The van der Waals surface area contributed by atoms with E-state index in [4.69, 9.17) is 11.6 Å². The zero-order valence-corrected chi connectivity index (χ0v) is 13.2. The molecule has 5 heteroatoms. The average Bonchev–Trinajstić information content (AvgIpc) is 2.47. The van der Waals surface area contributed by atoms with Crippen molar-refractivity contribution >= 4 is 28.5 Å². The van der Waals surface area contributed by atoms with Gasteiger partial charge in [-0.05, 0) is 25.5 Å². The van der Waals surface area contributed by atoms with Gasteiger partial charge in [0.25, 0.3) is 0 Å². The minimum absolute atomic E-state index is 0.0661. The number of amides is 2. The Morgan fingerprint density at radius 2 is 2.10 bits per heavy atom. The fourth-order valence-electron chi connectivity index (χ4n) is 2.24. The average molecular weight is 306 g/mol. The number of fused-ring (bicyclic) bond motifs is 1. The number of carbonyl (C=O) groups excluding carboxylic acids is 1. The van der Waals surface area contributed by atoms with Gasteiger partial charge in [0.05, 0.1) is 12.1 Å². The van der Waals surface area contributed by atoms with Crippen LogP contribution in [-0.2, 0) is 6.54 Å². The number of aromatic nitrogens is 1. The maximum atomic E-state index is 12.1. The number of nitrogens with one attached hydrogen (secondary N) is 1. The van der Waals surface area contributed by atoms with Crippen LogP contribution in [0.4, 0.5) is 4.79 Å². The molecule has 0 aliphatic carbocycles. The Labute approximate surface area is 130 Å². The lowest BCUT2D eigenvalue weighted by Crippen LogP contribution is -2.39. The summed E-state index contributed by atoms with van der Waals surface area (Å²) >= 11 is 6.26. The normalized spacial score (nSPS) is 10.6. The second-order valence-corrected chi connectivity index (χ2v) is 5.25. The molecule has 1 N–H and O–H groups in total. The van der Waals surface area contributed by atoms with E-state index in [1.54, 1.807) is 4.90 Å². The molecule has 0 aliphatic rings. The zero-order valence-electron chi connectivity index (χ0n) is 12.4. The molecule has 0 aliphatic heterocycles. The Morgan fingerprint density at radius 1 is 1.33 bits per heavy atom. The van der Waals surface area contributed by atoms with E-state index >= 15 is 0 Å². The van der Waals surface area contributed by atoms with Gasteiger partial charge >= 0.3 is 6.03 Å². The first-order valence-electron chi connectivity index (χ1n) is 7.22. The summed E-state index contributed by atoms with van der Waals surface area (Å²) in [5.74, 6) is 0. The van der Waals surface area contributed by atoms with Crippen molar-refractivity contribution in [2.24, 2.45) is 0 Å². The summed E-state index contributed by atoms with van der Waals surface area (Å²) in [4.78, 5) is 18.2. The third-order valence-electron chi connectivity index (χ3n) is 3.22. The van der Waals surface area contributed by atoms with E-state index in [0.29, 0.717) is 24.8 Å². The molecule has 1 aromatic carbocycles. The fraction of sp³-hybridized carbons (Fsp3) is 0.375. The Kier molecular flexibility index (Phi) is 5.39. The maximum Gasteiger partial charge on any atom is 0.317 e. The standard InChI is InChI=1S/C16H20ClN3O/c1-3-9-20(16(21)18-4-2)11-13-10-12-7-5-6-8-14(12)19-15(13)17/h5-8,10H,3-4,9,11H2,1-2H3,(H,18,21). The zero-order chi connectivity index (χ0) is 15.2. The number of hydrogen-bond donors (Lipinski definition) is 1. The molecule has 1 aromatic heterocycles. The minimum Gasteiger partial charge on any atom is -0.338 e. The number of rotatable bonds is 5. The minimum atomic E-state index is -0.0661. The van der Waals surface area contributed by atoms with Crippen molar-refractivity contribution in [3.8, 4) is 0 Å². The molecule has 0 radical (unpaired) electrons. The van der Waals surface area contributed by atoms with Gasteiger partial charge in [-0.3, -0.25) is 0 Å². The van der Waals surface area contributed by atoms with Gasteiger partial charge in [-0.25, -0.2) is 9.78 Å². The summed E-state index contributed by atoms with van der Waals surface area (Å²) in [6.45, 7) is 5.73. The van der Waals surface area contributed by atoms with E-state index in [1.165, 1.54) is 0 Å². The summed E-state index contributed by atoms with van der Waals surface area (Å²) < 4.78 is 0. The van der Waals surface area contributed by atoms with Crippen LogP contribution in [0, 0.1) is 0 Å². The summed E-state index contributed by atoms with van der Waals surface area (Å²) in [5, 5.41) is 4.32. The number of carbonyl (C=O) groups is 1. The lowest BCUT2D eigenvalue weighted by atomic mass is 10.1. The van der Waals surface area contributed by atoms with Crippen molar-refractivity contribution < 1.29 is 4.79 Å². The van der Waals surface area contributed by atoms with Gasteiger partial charge in [0.1, 0.15) is 5.15 Å². The Balaban J connectivity index is 2.27. The number of pyridine rings is 1. The van der Waals surface area contributed by atoms with Crippen LogP contribution in [0.2, 0.25) is 5.15 Å². The quantitative estimate of drug-likeness (QED) is 0.853. The molecule has 112 valence electrons. The molecular formula is C16H20ClN3O. The third kappa shape index (κ3) is 3.85. The molecule has 4 nitrogen and oxygen atoms in total. The van der Waals surface area contributed by atoms with Gasteiger partial charge in [-0.1, -0.05) is 36.7 Å². The predicted octanol–water partition coefficient (Wildman–Crippen LogP) is 3.83. The highest BCUT2D eigenvalue weighted by Crippen LogP contribution is 2.22. The predicted molar refractivity (Wildman–Crippen MR) is 86.5 cm³/mol. The largest absolute Gasteiger partial charge is 0.338 e. The first kappa shape index (κ1) is 15.6. The molecule has 0 unspecified atom stereocenters. The Bertz CT molecular complexity index is 630. The van der Waals surface area contributed by atoms with Crippen LogP contribution >= 0.6 is 11.6 Å². The topological polar surface area (TPSA) is 45.2 Å². The van der Waals surface area contributed by atoms with Crippen molar-refractivity contribution in [2.45, 2.75) is 26.8 Å². The molecule has 2 aromatic rings. The molecule has 0 fully saturated rings. The van der Waals surface area contributed by atoms with Crippen LogP contribution in [0.15, 0.2) is 30.3 Å². The molecule has 2 rings (SSSR count).